The average Bonchev–Trinajstić information content (AvgIpc) is 2.72. The first-order chi connectivity index (χ1) is 14.7. The number of nitrogens with one attached hydrogen (secondary N) is 1. The van der Waals surface area contributed by atoms with Gasteiger partial charge in [-0.2, -0.15) is 4.31 Å². The maximum atomic E-state index is 13.3. The van der Waals surface area contributed by atoms with Crippen LogP contribution in [0.3, 0.4) is 0 Å². The molecule has 3 aromatic rings. The summed E-state index contributed by atoms with van der Waals surface area (Å²) in [6.45, 7) is -0.608. The minimum atomic E-state index is -4.01. The first-order valence-corrected chi connectivity index (χ1v) is 11.9. The van der Waals surface area contributed by atoms with E-state index < -0.39 is 22.5 Å². The molecule has 0 bridgehead atoms. The molecule has 5 nitrogen and oxygen atoms in total. The van der Waals surface area contributed by atoms with Gasteiger partial charge >= 0.3 is 0 Å². The van der Waals surface area contributed by atoms with Crippen LogP contribution in [0.2, 0.25) is 20.1 Å². The number of carbonyl (C=O) groups excluding carboxylic acids is 1. The second kappa shape index (κ2) is 10.2. The normalized spacial score (nSPS) is 11.5. The quantitative estimate of drug-likeness (QED) is 0.410. The highest BCUT2D eigenvalue weighted by molar-refractivity contribution is 7.89. The van der Waals surface area contributed by atoms with Crippen molar-refractivity contribution in [2.24, 2.45) is 0 Å². The van der Waals surface area contributed by atoms with Crippen LogP contribution in [0.5, 0.6) is 0 Å². The molecular formula is C21H16Cl4N2O3S. The van der Waals surface area contributed by atoms with Gasteiger partial charge in [-0.25, -0.2) is 8.42 Å². The molecule has 0 aliphatic heterocycles. The molecule has 0 saturated heterocycles. The van der Waals surface area contributed by atoms with Crippen molar-refractivity contribution in [2.75, 3.05) is 11.9 Å². The molecule has 0 aliphatic carbocycles. The summed E-state index contributed by atoms with van der Waals surface area (Å²) >= 11 is 24.2. The zero-order chi connectivity index (χ0) is 22.6. The largest absolute Gasteiger partial charge is 0.324 e. The van der Waals surface area contributed by atoms with Crippen LogP contribution < -0.4 is 5.32 Å². The third-order valence-corrected chi connectivity index (χ3v) is 7.22. The van der Waals surface area contributed by atoms with E-state index in [9.17, 15) is 13.2 Å². The van der Waals surface area contributed by atoms with Crippen LogP contribution >= 0.6 is 46.4 Å². The number of nitrogens with zero attached hydrogens (tertiary/aromatic N) is 1. The van der Waals surface area contributed by atoms with Crippen molar-refractivity contribution >= 4 is 68.0 Å². The first kappa shape index (κ1) is 23.9. The Labute approximate surface area is 200 Å². The van der Waals surface area contributed by atoms with Gasteiger partial charge in [0.25, 0.3) is 0 Å². The number of halogens is 4. The molecule has 3 aromatic carbocycles. The Hall–Kier alpha value is -1.80. The van der Waals surface area contributed by atoms with Crippen LogP contribution in [-0.2, 0) is 21.4 Å². The highest BCUT2D eigenvalue weighted by Crippen LogP contribution is 2.27. The maximum Gasteiger partial charge on any atom is 0.243 e. The van der Waals surface area contributed by atoms with Gasteiger partial charge in [-0.15, -0.1) is 0 Å². The van der Waals surface area contributed by atoms with Gasteiger partial charge in [0, 0.05) is 21.6 Å². The second-order valence-electron chi connectivity index (χ2n) is 6.49. The van der Waals surface area contributed by atoms with Crippen LogP contribution in [0, 0.1) is 0 Å². The van der Waals surface area contributed by atoms with Crippen LogP contribution in [0.25, 0.3) is 0 Å². The Bertz CT molecular complexity index is 1200. The summed E-state index contributed by atoms with van der Waals surface area (Å²) in [6.07, 6.45) is 0. The van der Waals surface area contributed by atoms with Crippen molar-refractivity contribution in [1.82, 2.24) is 4.31 Å². The molecule has 1 amide bonds. The highest BCUT2D eigenvalue weighted by atomic mass is 35.5. The van der Waals surface area contributed by atoms with Crippen molar-refractivity contribution in [3.8, 4) is 0 Å². The molecule has 0 spiro atoms. The molecule has 31 heavy (non-hydrogen) atoms. The smallest absolute Gasteiger partial charge is 0.243 e. The standard InChI is InChI=1S/C21H16Cl4N2O3S/c22-15-7-6-14(19(25)10-15)12-27(31(29,30)17-4-2-1-3-5-17)13-21(28)26-20-11-16(23)8-9-18(20)24/h1-11H,12-13H2,(H,26,28). The lowest BCUT2D eigenvalue weighted by Crippen LogP contribution is -2.37. The van der Waals surface area contributed by atoms with E-state index in [0.717, 1.165) is 4.31 Å². The molecule has 0 heterocycles. The number of rotatable bonds is 7. The summed E-state index contributed by atoms with van der Waals surface area (Å²) < 4.78 is 27.5. The average molecular weight is 518 g/mol. The fourth-order valence-electron chi connectivity index (χ4n) is 2.75. The van der Waals surface area contributed by atoms with E-state index in [0.29, 0.717) is 20.6 Å². The van der Waals surface area contributed by atoms with Gasteiger partial charge in [0.15, 0.2) is 0 Å². The third-order valence-electron chi connectivity index (χ3n) is 4.27. The van der Waals surface area contributed by atoms with E-state index in [1.54, 1.807) is 36.4 Å². The molecule has 1 N–H and O–H groups in total. The van der Waals surface area contributed by atoms with Gasteiger partial charge in [-0.1, -0.05) is 70.7 Å². The molecule has 0 aromatic heterocycles. The van der Waals surface area contributed by atoms with Gasteiger partial charge in [-0.05, 0) is 48.0 Å². The zero-order valence-corrected chi connectivity index (χ0v) is 19.7. The molecular weight excluding hydrogens is 502 g/mol. The summed E-state index contributed by atoms with van der Waals surface area (Å²) in [5, 5.41) is 3.96. The number of anilines is 1. The minimum Gasteiger partial charge on any atom is -0.324 e. The van der Waals surface area contributed by atoms with Crippen LogP contribution in [-0.4, -0.2) is 25.2 Å². The van der Waals surface area contributed by atoms with E-state index in [2.05, 4.69) is 5.32 Å². The topological polar surface area (TPSA) is 66.5 Å². The molecule has 0 saturated carbocycles. The fraction of sp³-hybridized carbons (Fsp3) is 0.0952. The van der Waals surface area contributed by atoms with Crippen LogP contribution in [0.15, 0.2) is 71.6 Å². The lowest BCUT2D eigenvalue weighted by Gasteiger charge is -2.22. The summed E-state index contributed by atoms with van der Waals surface area (Å²) in [5.41, 5.74) is 0.778. The lowest BCUT2D eigenvalue weighted by molar-refractivity contribution is -0.116. The van der Waals surface area contributed by atoms with Crippen molar-refractivity contribution in [3.63, 3.8) is 0 Å². The molecule has 0 aliphatic rings. The SMILES string of the molecule is O=C(CN(Cc1ccc(Cl)cc1Cl)S(=O)(=O)c1ccccc1)Nc1cc(Cl)ccc1Cl. The summed E-state index contributed by atoms with van der Waals surface area (Å²) in [4.78, 5) is 12.8. The van der Waals surface area contributed by atoms with Gasteiger partial charge in [0.2, 0.25) is 15.9 Å². The molecule has 0 radical (unpaired) electrons. The second-order valence-corrected chi connectivity index (χ2v) is 10.1. The summed E-state index contributed by atoms with van der Waals surface area (Å²) in [6, 6.07) is 17.1. The van der Waals surface area contributed by atoms with Crippen LogP contribution in [0.4, 0.5) is 5.69 Å². The molecule has 162 valence electrons. The van der Waals surface area contributed by atoms with Crippen molar-refractivity contribution in [1.29, 1.82) is 0 Å². The van der Waals surface area contributed by atoms with Gasteiger partial charge in [-0.3, -0.25) is 4.79 Å². The van der Waals surface area contributed by atoms with Gasteiger partial charge < -0.3 is 5.32 Å². The molecule has 3 rings (SSSR count). The number of carbonyl (C=O) groups is 1. The summed E-state index contributed by atoms with van der Waals surface area (Å²) in [7, 11) is -4.01. The summed E-state index contributed by atoms with van der Waals surface area (Å²) in [5.74, 6) is -0.589. The number of sulfonamides is 1. The Kier molecular flexibility index (Phi) is 7.86. The van der Waals surface area contributed by atoms with E-state index in [1.807, 2.05) is 0 Å². The molecule has 0 atom stereocenters. The van der Waals surface area contributed by atoms with Crippen molar-refractivity contribution < 1.29 is 13.2 Å². The number of benzene rings is 3. The predicted octanol–water partition coefficient (Wildman–Crippen LogP) is 6.13. The van der Waals surface area contributed by atoms with Crippen molar-refractivity contribution in [3.05, 3.63) is 92.4 Å². The third kappa shape index (κ3) is 6.13. The van der Waals surface area contributed by atoms with Crippen LogP contribution in [0.1, 0.15) is 5.56 Å². The minimum absolute atomic E-state index is 0.0497. The Morgan fingerprint density at radius 3 is 2.16 bits per heavy atom. The van der Waals surface area contributed by atoms with Gasteiger partial charge in [0.05, 0.1) is 22.2 Å². The zero-order valence-electron chi connectivity index (χ0n) is 15.9. The number of hydrogen-bond acceptors (Lipinski definition) is 3. The van der Waals surface area contributed by atoms with E-state index in [4.69, 9.17) is 46.4 Å². The Balaban J connectivity index is 1.91. The molecule has 10 heteroatoms. The maximum absolute atomic E-state index is 13.3. The fourth-order valence-corrected chi connectivity index (χ4v) is 4.95. The van der Waals surface area contributed by atoms with E-state index in [1.165, 1.54) is 30.3 Å². The predicted molar refractivity (Wildman–Crippen MR) is 126 cm³/mol. The monoisotopic (exact) mass is 516 g/mol. The van der Waals surface area contributed by atoms with Gasteiger partial charge in [0.1, 0.15) is 0 Å². The van der Waals surface area contributed by atoms with E-state index in [-0.39, 0.29) is 22.2 Å². The Morgan fingerprint density at radius 1 is 0.839 bits per heavy atom. The van der Waals surface area contributed by atoms with E-state index >= 15 is 0 Å². The lowest BCUT2D eigenvalue weighted by atomic mass is 10.2. The molecule has 0 fully saturated rings. The first-order valence-electron chi connectivity index (χ1n) is 8.91. The Morgan fingerprint density at radius 2 is 1.48 bits per heavy atom. The van der Waals surface area contributed by atoms with Crippen molar-refractivity contribution in [2.45, 2.75) is 11.4 Å². The number of amides is 1. The number of hydrogen-bond donors (Lipinski definition) is 1. The molecule has 0 unspecified atom stereocenters. The highest BCUT2D eigenvalue weighted by Gasteiger charge is 2.27.